The molecule has 3 unspecified atom stereocenters. The van der Waals surface area contributed by atoms with Gasteiger partial charge >= 0.3 is 0 Å². The first kappa shape index (κ1) is 12.4. The van der Waals surface area contributed by atoms with Gasteiger partial charge in [-0.15, -0.1) is 0 Å². The van der Waals surface area contributed by atoms with E-state index in [4.69, 9.17) is 19.5 Å². The van der Waals surface area contributed by atoms with Crippen LogP contribution in [-0.4, -0.2) is 41.9 Å². The van der Waals surface area contributed by atoms with Gasteiger partial charge in [0.15, 0.2) is 6.29 Å². The monoisotopic (exact) mass is 253 g/mol. The third-order valence-electron chi connectivity index (χ3n) is 4.28. The Bertz CT molecular complexity index is 368. The van der Waals surface area contributed by atoms with Crippen LogP contribution in [0.2, 0.25) is 0 Å². The van der Waals surface area contributed by atoms with Gasteiger partial charge in [-0.3, -0.25) is 0 Å². The van der Waals surface area contributed by atoms with Crippen molar-refractivity contribution in [1.82, 2.24) is 0 Å². The summed E-state index contributed by atoms with van der Waals surface area (Å²) >= 11 is 0. The van der Waals surface area contributed by atoms with Gasteiger partial charge in [0, 0.05) is 12.3 Å². The molecule has 3 fully saturated rings. The van der Waals surface area contributed by atoms with Crippen LogP contribution in [0.15, 0.2) is 0 Å². The molecule has 0 radical (unpaired) electrons. The van der Waals surface area contributed by atoms with Gasteiger partial charge in [-0.2, -0.15) is 5.26 Å². The summed E-state index contributed by atoms with van der Waals surface area (Å²) in [6.07, 6.45) is 2.38. The number of nitrogens with zero attached hydrogens (tertiary/aromatic N) is 1. The molecule has 1 spiro atoms. The van der Waals surface area contributed by atoms with Crippen LogP contribution in [0.3, 0.4) is 0 Å². The molecule has 0 aromatic carbocycles. The second kappa shape index (κ2) is 4.46. The van der Waals surface area contributed by atoms with Crippen molar-refractivity contribution in [2.24, 2.45) is 5.92 Å². The number of aliphatic hydroxyl groups excluding tert-OH is 1. The van der Waals surface area contributed by atoms with E-state index in [-0.39, 0.29) is 29.8 Å². The molecule has 3 aliphatic rings. The first-order chi connectivity index (χ1) is 8.63. The fourth-order valence-corrected chi connectivity index (χ4v) is 3.34. The standard InChI is InChI=1S/C13H19NO4/c1-8(6-14)4-9-2-3-11-13(18-9)5-10(17-11)12(15)16-7-13/h8-12,15H,2-5,7H2,1H3/t8-,9?,10-,11+,12?,13?/m1/s1. The van der Waals surface area contributed by atoms with Crippen LogP contribution in [0.4, 0.5) is 0 Å². The van der Waals surface area contributed by atoms with E-state index < -0.39 is 6.29 Å². The van der Waals surface area contributed by atoms with Gasteiger partial charge in [0.2, 0.25) is 0 Å². The maximum absolute atomic E-state index is 9.64. The zero-order valence-corrected chi connectivity index (χ0v) is 10.5. The van der Waals surface area contributed by atoms with Gasteiger partial charge in [-0.1, -0.05) is 0 Å². The smallest absolute Gasteiger partial charge is 0.181 e. The molecule has 3 rings (SSSR count). The quantitative estimate of drug-likeness (QED) is 0.793. The average molecular weight is 253 g/mol. The van der Waals surface area contributed by atoms with Crippen molar-refractivity contribution < 1.29 is 19.3 Å². The molecule has 5 heteroatoms. The van der Waals surface area contributed by atoms with Crippen LogP contribution in [0.1, 0.15) is 32.6 Å². The largest absolute Gasteiger partial charge is 0.366 e. The zero-order valence-electron chi connectivity index (χ0n) is 10.5. The van der Waals surface area contributed by atoms with E-state index in [2.05, 4.69) is 6.07 Å². The molecular formula is C13H19NO4. The minimum atomic E-state index is -0.818. The Labute approximate surface area is 107 Å². The molecule has 0 aromatic heterocycles. The predicted octanol–water partition coefficient (Wildman–Crippen LogP) is 0.960. The molecule has 1 N–H and O–H groups in total. The summed E-state index contributed by atoms with van der Waals surface area (Å²) in [4.78, 5) is 0. The highest BCUT2D eigenvalue weighted by Gasteiger charge is 2.58. The first-order valence-corrected chi connectivity index (χ1v) is 6.65. The number of ether oxygens (including phenoxy) is 3. The van der Waals surface area contributed by atoms with Crippen molar-refractivity contribution in [2.75, 3.05) is 6.61 Å². The first-order valence-electron chi connectivity index (χ1n) is 6.65. The van der Waals surface area contributed by atoms with E-state index in [0.29, 0.717) is 13.0 Å². The number of hydrogen-bond donors (Lipinski definition) is 1. The van der Waals surface area contributed by atoms with Gasteiger partial charge in [-0.05, 0) is 26.2 Å². The number of hydrogen-bond acceptors (Lipinski definition) is 5. The normalized spacial score (nSPS) is 48.3. The highest BCUT2D eigenvalue weighted by atomic mass is 16.7. The average Bonchev–Trinajstić information content (AvgIpc) is 2.68. The molecule has 0 aromatic rings. The van der Waals surface area contributed by atoms with Crippen molar-refractivity contribution in [3.63, 3.8) is 0 Å². The van der Waals surface area contributed by atoms with Crippen molar-refractivity contribution in [1.29, 1.82) is 5.26 Å². The summed E-state index contributed by atoms with van der Waals surface area (Å²) in [5.74, 6) is 0.0103. The van der Waals surface area contributed by atoms with Crippen LogP contribution >= 0.6 is 0 Å². The van der Waals surface area contributed by atoms with E-state index >= 15 is 0 Å². The fraction of sp³-hybridized carbons (Fsp3) is 0.923. The lowest BCUT2D eigenvalue weighted by atomic mass is 9.84. The van der Waals surface area contributed by atoms with Crippen molar-refractivity contribution in [2.45, 2.75) is 62.8 Å². The molecule has 0 amide bonds. The van der Waals surface area contributed by atoms with Crippen LogP contribution in [0, 0.1) is 17.2 Å². The fourth-order valence-electron chi connectivity index (χ4n) is 3.34. The highest BCUT2D eigenvalue weighted by Crippen LogP contribution is 2.46. The Morgan fingerprint density at radius 3 is 3.11 bits per heavy atom. The Morgan fingerprint density at radius 1 is 1.50 bits per heavy atom. The van der Waals surface area contributed by atoms with E-state index in [9.17, 15) is 5.11 Å². The number of nitriles is 1. The summed E-state index contributed by atoms with van der Waals surface area (Å²) in [5.41, 5.74) is -0.387. The van der Waals surface area contributed by atoms with Gasteiger partial charge in [-0.25, -0.2) is 0 Å². The topological polar surface area (TPSA) is 71.7 Å². The van der Waals surface area contributed by atoms with Gasteiger partial charge in [0.1, 0.15) is 11.7 Å². The third kappa shape index (κ3) is 1.94. The Hall–Kier alpha value is -0.670. The highest BCUT2D eigenvalue weighted by molar-refractivity contribution is 5.04. The van der Waals surface area contributed by atoms with Crippen molar-refractivity contribution >= 4 is 0 Å². The number of rotatable bonds is 2. The minimum Gasteiger partial charge on any atom is -0.366 e. The molecule has 0 aliphatic carbocycles. The van der Waals surface area contributed by atoms with Crippen LogP contribution in [0.25, 0.3) is 0 Å². The Balaban J connectivity index is 1.69. The zero-order chi connectivity index (χ0) is 12.8. The van der Waals surface area contributed by atoms with Crippen LogP contribution in [-0.2, 0) is 14.2 Å². The van der Waals surface area contributed by atoms with Crippen LogP contribution < -0.4 is 0 Å². The summed E-state index contributed by atoms with van der Waals surface area (Å²) < 4.78 is 17.3. The van der Waals surface area contributed by atoms with E-state index in [1.165, 1.54) is 0 Å². The van der Waals surface area contributed by atoms with Crippen molar-refractivity contribution in [3.05, 3.63) is 0 Å². The SMILES string of the molecule is C[C@@H](C#N)CC1CC[C@@H]2O[C@@H]3CC2(COC3O)O1. The number of fused-ring (bicyclic) bond motifs is 1. The van der Waals surface area contributed by atoms with Crippen LogP contribution in [0.5, 0.6) is 0 Å². The van der Waals surface area contributed by atoms with E-state index in [0.717, 1.165) is 19.3 Å². The Kier molecular flexibility index (Phi) is 3.07. The summed E-state index contributed by atoms with van der Waals surface area (Å²) in [7, 11) is 0. The summed E-state index contributed by atoms with van der Waals surface area (Å²) in [6, 6.07) is 2.25. The second-order valence-corrected chi connectivity index (χ2v) is 5.72. The molecule has 5 nitrogen and oxygen atoms in total. The molecule has 6 atom stereocenters. The lowest BCUT2D eigenvalue weighted by Crippen LogP contribution is -2.54. The molecule has 2 bridgehead atoms. The minimum absolute atomic E-state index is 0.0103. The number of aliphatic hydroxyl groups is 1. The Morgan fingerprint density at radius 2 is 2.33 bits per heavy atom. The molecular weight excluding hydrogens is 234 g/mol. The summed E-state index contributed by atoms with van der Waals surface area (Å²) in [6.45, 7) is 2.31. The molecule has 100 valence electrons. The van der Waals surface area contributed by atoms with Gasteiger partial charge in [0.25, 0.3) is 0 Å². The summed E-state index contributed by atoms with van der Waals surface area (Å²) in [5, 5.41) is 18.5. The molecule has 18 heavy (non-hydrogen) atoms. The second-order valence-electron chi connectivity index (χ2n) is 5.72. The maximum atomic E-state index is 9.64. The van der Waals surface area contributed by atoms with E-state index in [1.54, 1.807) is 0 Å². The molecule has 3 saturated heterocycles. The maximum Gasteiger partial charge on any atom is 0.181 e. The van der Waals surface area contributed by atoms with Gasteiger partial charge in [0.05, 0.1) is 24.9 Å². The lowest BCUT2D eigenvalue weighted by Gasteiger charge is -2.43. The van der Waals surface area contributed by atoms with E-state index in [1.807, 2.05) is 6.92 Å². The lowest BCUT2D eigenvalue weighted by molar-refractivity contribution is -0.223. The predicted molar refractivity (Wildman–Crippen MR) is 61.5 cm³/mol. The van der Waals surface area contributed by atoms with Gasteiger partial charge < -0.3 is 19.3 Å². The molecule has 3 aliphatic heterocycles. The van der Waals surface area contributed by atoms with Crippen molar-refractivity contribution in [3.8, 4) is 6.07 Å². The molecule has 0 saturated carbocycles. The molecule has 3 heterocycles. The third-order valence-corrected chi connectivity index (χ3v) is 4.28.